The van der Waals surface area contributed by atoms with E-state index in [0.29, 0.717) is 12.8 Å². The van der Waals surface area contributed by atoms with Gasteiger partial charge < -0.3 is 19.5 Å². The van der Waals surface area contributed by atoms with Crippen molar-refractivity contribution in [2.24, 2.45) is 5.92 Å². The van der Waals surface area contributed by atoms with Gasteiger partial charge in [0.05, 0.1) is 12.5 Å². The minimum Gasteiger partial charge on any atom is -0.457 e. The molecule has 24 heavy (non-hydrogen) atoms. The Hall–Kier alpha value is -1.79. The summed E-state index contributed by atoms with van der Waals surface area (Å²) in [5, 5.41) is 2.63. The third-order valence-electron chi connectivity index (χ3n) is 3.84. The van der Waals surface area contributed by atoms with Gasteiger partial charge in [-0.05, 0) is 25.7 Å². The SMILES string of the molecule is CC(=O)OC1(CNC(=O)OC(C)(C)OC(=O)C(C)C)CCCCC1. The van der Waals surface area contributed by atoms with Crippen LogP contribution in [0.1, 0.15) is 66.7 Å². The summed E-state index contributed by atoms with van der Waals surface area (Å²) in [5.74, 6) is -2.49. The number of alkyl carbamates (subject to hydrolysis) is 1. The molecule has 0 saturated heterocycles. The molecule has 7 heteroatoms. The summed E-state index contributed by atoms with van der Waals surface area (Å²) in [7, 11) is 0. The topological polar surface area (TPSA) is 90.9 Å². The lowest BCUT2D eigenvalue weighted by atomic mass is 9.84. The molecule has 1 aliphatic carbocycles. The van der Waals surface area contributed by atoms with E-state index in [4.69, 9.17) is 14.2 Å². The van der Waals surface area contributed by atoms with Gasteiger partial charge in [0.15, 0.2) is 0 Å². The number of carbonyl (C=O) groups excluding carboxylic acids is 3. The van der Waals surface area contributed by atoms with Gasteiger partial charge in [-0.15, -0.1) is 0 Å². The molecule has 0 aromatic carbocycles. The van der Waals surface area contributed by atoms with Gasteiger partial charge in [-0.2, -0.15) is 0 Å². The van der Waals surface area contributed by atoms with Crippen LogP contribution in [0.15, 0.2) is 0 Å². The third-order valence-corrected chi connectivity index (χ3v) is 3.84. The fraction of sp³-hybridized carbons (Fsp3) is 0.824. The Labute approximate surface area is 143 Å². The van der Waals surface area contributed by atoms with Gasteiger partial charge in [-0.3, -0.25) is 9.59 Å². The van der Waals surface area contributed by atoms with Crippen molar-refractivity contribution in [3.63, 3.8) is 0 Å². The van der Waals surface area contributed by atoms with Gasteiger partial charge in [0, 0.05) is 20.8 Å². The van der Waals surface area contributed by atoms with Crippen molar-refractivity contribution >= 4 is 18.0 Å². The zero-order valence-electron chi connectivity index (χ0n) is 15.3. The summed E-state index contributed by atoms with van der Waals surface area (Å²) < 4.78 is 15.8. The summed E-state index contributed by atoms with van der Waals surface area (Å²) >= 11 is 0. The highest BCUT2D eigenvalue weighted by Gasteiger charge is 2.36. The monoisotopic (exact) mass is 343 g/mol. The standard InChI is InChI=1S/C17H29NO6/c1-12(2)14(20)23-16(4,5)24-15(21)18-11-17(22-13(3)19)9-7-6-8-10-17/h12H,6-11H2,1-5H3,(H,18,21). The molecule has 0 unspecified atom stereocenters. The predicted molar refractivity (Wildman–Crippen MR) is 87.1 cm³/mol. The van der Waals surface area contributed by atoms with Gasteiger partial charge in [0.25, 0.3) is 5.79 Å². The Kier molecular flexibility index (Phi) is 7.05. The summed E-state index contributed by atoms with van der Waals surface area (Å²) in [5.41, 5.74) is -0.679. The fourth-order valence-electron chi connectivity index (χ4n) is 2.69. The molecule has 0 spiro atoms. The molecule has 7 nitrogen and oxygen atoms in total. The second kappa shape index (κ2) is 8.35. The Morgan fingerprint density at radius 1 is 1.08 bits per heavy atom. The number of rotatable bonds is 6. The van der Waals surface area contributed by atoms with Crippen molar-refractivity contribution < 1.29 is 28.6 Å². The first-order valence-corrected chi connectivity index (χ1v) is 8.44. The van der Waals surface area contributed by atoms with Crippen molar-refractivity contribution in [3.05, 3.63) is 0 Å². The quantitative estimate of drug-likeness (QED) is 0.589. The molecule has 0 atom stereocenters. The van der Waals surface area contributed by atoms with Gasteiger partial charge in [0.1, 0.15) is 5.60 Å². The molecule has 1 rings (SSSR count). The molecule has 1 aliphatic rings. The largest absolute Gasteiger partial charge is 0.457 e. The van der Waals surface area contributed by atoms with Gasteiger partial charge in [-0.25, -0.2) is 4.79 Å². The average molecular weight is 343 g/mol. The highest BCUT2D eigenvalue weighted by atomic mass is 16.7. The minimum atomic E-state index is -1.37. The Bertz CT molecular complexity index is 466. The van der Waals surface area contributed by atoms with E-state index in [1.54, 1.807) is 13.8 Å². The van der Waals surface area contributed by atoms with Crippen LogP contribution in [0.5, 0.6) is 0 Å². The molecule has 0 aromatic rings. The molecule has 1 N–H and O–H groups in total. The summed E-state index contributed by atoms with van der Waals surface area (Å²) in [6, 6.07) is 0. The second-order valence-corrected chi connectivity index (χ2v) is 7.06. The smallest absolute Gasteiger partial charge is 0.410 e. The van der Waals surface area contributed by atoms with Crippen molar-refractivity contribution in [2.45, 2.75) is 78.1 Å². The van der Waals surface area contributed by atoms with E-state index in [1.807, 2.05) is 0 Å². The van der Waals surface area contributed by atoms with E-state index in [-0.39, 0.29) is 18.4 Å². The van der Waals surface area contributed by atoms with E-state index in [2.05, 4.69) is 5.32 Å². The van der Waals surface area contributed by atoms with Crippen LogP contribution in [0.2, 0.25) is 0 Å². The van der Waals surface area contributed by atoms with Crippen LogP contribution in [0.25, 0.3) is 0 Å². The number of ether oxygens (including phenoxy) is 3. The molecule has 0 aromatic heterocycles. The Morgan fingerprint density at radius 3 is 2.17 bits per heavy atom. The van der Waals surface area contributed by atoms with Crippen LogP contribution >= 0.6 is 0 Å². The number of amides is 1. The maximum Gasteiger partial charge on any atom is 0.410 e. The van der Waals surface area contributed by atoms with Crippen LogP contribution < -0.4 is 5.32 Å². The Balaban J connectivity index is 2.56. The average Bonchev–Trinajstić information content (AvgIpc) is 2.44. The molecule has 0 heterocycles. The van der Waals surface area contributed by atoms with Crippen LogP contribution in [0.3, 0.4) is 0 Å². The lowest BCUT2D eigenvalue weighted by Gasteiger charge is -2.36. The first-order chi connectivity index (χ1) is 11.1. The zero-order chi connectivity index (χ0) is 18.4. The molecular formula is C17H29NO6. The molecular weight excluding hydrogens is 314 g/mol. The van der Waals surface area contributed by atoms with Crippen LogP contribution in [0.4, 0.5) is 4.79 Å². The van der Waals surface area contributed by atoms with E-state index in [9.17, 15) is 14.4 Å². The van der Waals surface area contributed by atoms with Crippen LogP contribution in [-0.4, -0.2) is 36.0 Å². The highest BCUT2D eigenvalue weighted by Crippen LogP contribution is 2.31. The zero-order valence-corrected chi connectivity index (χ0v) is 15.3. The predicted octanol–water partition coefficient (Wildman–Crippen LogP) is 2.91. The van der Waals surface area contributed by atoms with Crippen LogP contribution in [-0.2, 0) is 23.8 Å². The fourth-order valence-corrected chi connectivity index (χ4v) is 2.69. The first kappa shape index (κ1) is 20.3. The van der Waals surface area contributed by atoms with Gasteiger partial charge in [0.2, 0.25) is 0 Å². The molecule has 1 amide bonds. The molecule has 0 radical (unpaired) electrons. The van der Waals surface area contributed by atoms with Gasteiger partial charge >= 0.3 is 18.0 Å². The molecule has 0 bridgehead atoms. The van der Waals surface area contributed by atoms with Crippen LogP contribution in [0, 0.1) is 5.92 Å². The van der Waals surface area contributed by atoms with E-state index in [0.717, 1.165) is 19.3 Å². The lowest BCUT2D eigenvalue weighted by molar-refractivity contribution is -0.198. The maximum absolute atomic E-state index is 12.0. The van der Waals surface area contributed by atoms with E-state index < -0.39 is 23.5 Å². The first-order valence-electron chi connectivity index (χ1n) is 8.44. The summed E-state index contributed by atoms with van der Waals surface area (Å²) in [6.45, 7) is 7.93. The normalized spacial score (nSPS) is 17.1. The second-order valence-electron chi connectivity index (χ2n) is 7.06. The van der Waals surface area contributed by atoms with E-state index >= 15 is 0 Å². The highest BCUT2D eigenvalue weighted by molar-refractivity contribution is 5.72. The number of carbonyl (C=O) groups is 3. The third kappa shape index (κ3) is 6.76. The van der Waals surface area contributed by atoms with Crippen molar-refractivity contribution in [1.82, 2.24) is 5.32 Å². The lowest BCUT2D eigenvalue weighted by Crippen LogP contribution is -2.49. The van der Waals surface area contributed by atoms with Crippen molar-refractivity contribution in [1.29, 1.82) is 0 Å². The molecule has 1 fully saturated rings. The van der Waals surface area contributed by atoms with E-state index in [1.165, 1.54) is 20.8 Å². The number of esters is 2. The number of hydrogen-bond acceptors (Lipinski definition) is 6. The van der Waals surface area contributed by atoms with Gasteiger partial charge in [-0.1, -0.05) is 20.3 Å². The number of nitrogens with one attached hydrogen (secondary N) is 1. The van der Waals surface area contributed by atoms with Crippen molar-refractivity contribution in [2.75, 3.05) is 6.54 Å². The maximum atomic E-state index is 12.0. The Morgan fingerprint density at radius 2 is 1.67 bits per heavy atom. The molecule has 1 saturated carbocycles. The molecule has 138 valence electrons. The summed E-state index contributed by atoms with van der Waals surface area (Å²) in [4.78, 5) is 35.0. The van der Waals surface area contributed by atoms with Crippen molar-refractivity contribution in [3.8, 4) is 0 Å². The molecule has 0 aliphatic heterocycles. The summed E-state index contributed by atoms with van der Waals surface area (Å²) in [6.07, 6.45) is 3.68. The minimum absolute atomic E-state index is 0.180. The number of hydrogen-bond donors (Lipinski definition) is 1.